The molecule has 0 unspecified atom stereocenters. The average molecular weight is 249 g/mol. The van der Waals surface area contributed by atoms with Crippen molar-refractivity contribution in [2.45, 2.75) is 20.8 Å². The molecule has 18 heavy (non-hydrogen) atoms. The monoisotopic (exact) mass is 249 g/mol. The van der Waals surface area contributed by atoms with Crippen molar-refractivity contribution in [2.24, 2.45) is 11.1 Å². The van der Waals surface area contributed by atoms with Crippen LogP contribution >= 0.6 is 0 Å². The van der Waals surface area contributed by atoms with E-state index in [1.807, 2.05) is 20.8 Å². The van der Waals surface area contributed by atoms with Crippen LogP contribution in [-0.2, 0) is 9.59 Å². The Kier molecular flexibility index (Phi) is 4.44. The van der Waals surface area contributed by atoms with E-state index < -0.39 is 5.41 Å². The normalized spacial score (nSPS) is 10.9. The van der Waals surface area contributed by atoms with Gasteiger partial charge >= 0.3 is 0 Å². The first-order valence-corrected chi connectivity index (χ1v) is 5.75. The molecule has 5 nitrogen and oxygen atoms in total. The summed E-state index contributed by atoms with van der Waals surface area (Å²) in [5.74, 6) is -0.413. The highest BCUT2D eigenvalue weighted by Gasteiger charge is 2.22. The smallest absolute Gasteiger partial charge is 0.238 e. The fourth-order valence-corrected chi connectivity index (χ4v) is 1.21. The van der Waals surface area contributed by atoms with Crippen molar-refractivity contribution in [3.63, 3.8) is 0 Å². The molecule has 98 valence electrons. The third-order valence-electron chi connectivity index (χ3n) is 2.32. The van der Waals surface area contributed by atoms with Crippen molar-refractivity contribution in [1.82, 2.24) is 0 Å². The summed E-state index contributed by atoms with van der Waals surface area (Å²) in [5, 5.41) is 5.42. The number of carbonyl (C=O) groups excluding carboxylic acids is 2. The first-order chi connectivity index (χ1) is 8.34. The van der Waals surface area contributed by atoms with Gasteiger partial charge in [0.2, 0.25) is 11.8 Å². The van der Waals surface area contributed by atoms with Gasteiger partial charge in [0.25, 0.3) is 0 Å². The zero-order valence-corrected chi connectivity index (χ0v) is 10.9. The molecule has 0 saturated heterocycles. The summed E-state index contributed by atoms with van der Waals surface area (Å²) in [4.78, 5) is 23.2. The third kappa shape index (κ3) is 3.85. The van der Waals surface area contributed by atoms with Crippen LogP contribution in [0.5, 0.6) is 0 Å². The van der Waals surface area contributed by atoms with Crippen LogP contribution < -0.4 is 16.4 Å². The average Bonchev–Trinajstić information content (AvgIpc) is 2.30. The molecule has 1 rings (SSSR count). The predicted octanol–water partition coefficient (Wildman–Crippen LogP) is 1.57. The van der Waals surface area contributed by atoms with Crippen LogP contribution in [-0.4, -0.2) is 18.4 Å². The molecule has 0 fully saturated rings. The molecule has 1 aromatic rings. The van der Waals surface area contributed by atoms with E-state index in [9.17, 15) is 9.59 Å². The summed E-state index contributed by atoms with van der Waals surface area (Å²) in [7, 11) is 0. The molecule has 0 aromatic heterocycles. The lowest BCUT2D eigenvalue weighted by Crippen LogP contribution is -2.28. The number of anilines is 2. The highest BCUT2D eigenvalue weighted by atomic mass is 16.2. The van der Waals surface area contributed by atoms with Gasteiger partial charge in [-0.1, -0.05) is 32.9 Å². The number of hydrogen-bond donors (Lipinski definition) is 3. The van der Waals surface area contributed by atoms with Gasteiger partial charge in [0, 0.05) is 5.41 Å². The lowest BCUT2D eigenvalue weighted by Gasteiger charge is -2.19. The van der Waals surface area contributed by atoms with E-state index in [1.165, 1.54) is 0 Å². The molecule has 0 aliphatic rings. The summed E-state index contributed by atoms with van der Waals surface area (Å²) < 4.78 is 0. The fourth-order valence-electron chi connectivity index (χ4n) is 1.21. The molecule has 0 saturated carbocycles. The minimum absolute atomic E-state index is 0.0957. The zero-order chi connectivity index (χ0) is 13.8. The Balaban J connectivity index is 2.89. The molecule has 4 N–H and O–H groups in total. The van der Waals surface area contributed by atoms with Gasteiger partial charge in [-0.3, -0.25) is 9.59 Å². The van der Waals surface area contributed by atoms with Crippen molar-refractivity contribution in [3.8, 4) is 0 Å². The lowest BCUT2D eigenvalue weighted by atomic mass is 9.95. The van der Waals surface area contributed by atoms with Gasteiger partial charge in [-0.15, -0.1) is 0 Å². The Morgan fingerprint density at radius 2 is 1.61 bits per heavy atom. The number of amides is 2. The topological polar surface area (TPSA) is 84.2 Å². The van der Waals surface area contributed by atoms with Crippen molar-refractivity contribution >= 4 is 23.2 Å². The molecule has 0 atom stereocenters. The summed E-state index contributed by atoms with van der Waals surface area (Å²) in [6.07, 6.45) is 0. The zero-order valence-electron chi connectivity index (χ0n) is 10.9. The number of hydrogen-bond acceptors (Lipinski definition) is 3. The van der Waals surface area contributed by atoms with E-state index in [0.29, 0.717) is 11.4 Å². The molecular weight excluding hydrogens is 230 g/mol. The fraction of sp³-hybridized carbons (Fsp3) is 0.385. The molecular formula is C13H19N3O2. The van der Waals surface area contributed by atoms with Crippen LogP contribution in [0.15, 0.2) is 24.3 Å². The van der Waals surface area contributed by atoms with Gasteiger partial charge in [0.05, 0.1) is 17.9 Å². The van der Waals surface area contributed by atoms with Crippen LogP contribution in [0.1, 0.15) is 20.8 Å². The number of nitrogens with one attached hydrogen (secondary N) is 2. The van der Waals surface area contributed by atoms with Gasteiger partial charge in [0.1, 0.15) is 0 Å². The van der Waals surface area contributed by atoms with E-state index in [1.54, 1.807) is 24.3 Å². The Hall–Kier alpha value is -1.88. The maximum Gasteiger partial charge on any atom is 0.238 e. The summed E-state index contributed by atoms with van der Waals surface area (Å²) in [5.41, 5.74) is 5.86. The highest BCUT2D eigenvalue weighted by Crippen LogP contribution is 2.24. The minimum Gasteiger partial charge on any atom is -0.324 e. The van der Waals surface area contributed by atoms with Crippen LogP contribution in [0.3, 0.4) is 0 Å². The van der Waals surface area contributed by atoms with Crippen molar-refractivity contribution < 1.29 is 9.59 Å². The Bertz CT molecular complexity index is 450. The van der Waals surface area contributed by atoms with Crippen LogP contribution in [0, 0.1) is 5.41 Å². The van der Waals surface area contributed by atoms with Crippen LogP contribution in [0.2, 0.25) is 0 Å². The SMILES string of the molecule is CC(C)(C)C(=O)Nc1ccccc1NC(=O)CN. The first-order valence-electron chi connectivity index (χ1n) is 5.75. The quantitative estimate of drug-likeness (QED) is 0.760. The minimum atomic E-state index is -0.495. The summed E-state index contributed by atoms with van der Waals surface area (Å²) in [6, 6.07) is 7.01. The molecule has 0 spiro atoms. The molecule has 0 aliphatic heterocycles. The third-order valence-corrected chi connectivity index (χ3v) is 2.32. The summed E-state index contributed by atoms with van der Waals surface area (Å²) >= 11 is 0. The number of rotatable bonds is 3. The standard InChI is InChI=1S/C13H19N3O2/c1-13(2,3)12(18)16-10-7-5-4-6-9(10)15-11(17)8-14/h4-7H,8,14H2,1-3H3,(H,15,17)(H,16,18). The Morgan fingerprint density at radius 1 is 1.11 bits per heavy atom. The number of nitrogens with two attached hydrogens (primary N) is 1. The van der Waals surface area contributed by atoms with Gasteiger partial charge in [-0.25, -0.2) is 0 Å². The van der Waals surface area contributed by atoms with Crippen molar-refractivity contribution in [1.29, 1.82) is 0 Å². The van der Waals surface area contributed by atoms with E-state index in [0.717, 1.165) is 0 Å². The Labute approximate surface area is 107 Å². The largest absolute Gasteiger partial charge is 0.324 e. The first kappa shape index (κ1) is 14.2. The number of para-hydroxylation sites is 2. The second-order valence-electron chi connectivity index (χ2n) is 5.00. The van der Waals surface area contributed by atoms with Crippen LogP contribution in [0.25, 0.3) is 0 Å². The van der Waals surface area contributed by atoms with E-state index in [2.05, 4.69) is 10.6 Å². The van der Waals surface area contributed by atoms with Crippen molar-refractivity contribution in [2.75, 3.05) is 17.2 Å². The van der Waals surface area contributed by atoms with Crippen molar-refractivity contribution in [3.05, 3.63) is 24.3 Å². The molecule has 0 radical (unpaired) electrons. The van der Waals surface area contributed by atoms with E-state index in [-0.39, 0.29) is 18.4 Å². The lowest BCUT2D eigenvalue weighted by molar-refractivity contribution is -0.123. The predicted molar refractivity (Wildman–Crippen MR) is 72.2 cm³/mol. The maximum absolute atomic E-state index is 11.9. The van der Waals surface area contributed by atoms with Gasteiger partial charge in [0.15, 0.2) is 0 Å². The second kappa shape index (κ2) is 5.64. The maximum atomic E-state index is 11.9. The number of carbonyl (C=O) groups is 2. The Morgan fingerprint density at radius 3 is 2.06 bits per heavy atom. The summed E-state index contributed by atoms with van der Waals surface area (Å²) in [6.45, 7) is 5.37. The molecule has 0 heterocycles. The second-order valence-corrected chi connectivity index (χ2v) is 5.00. The molecule has 0 bridgehead atoms. The van der Waals surface area contributed by atoms with Gasteiger partial charge in [-0.2, -0.15) is 0 Å². The molecule has 0 aliphatic carbocycles. The van der Waals surface area contributed by atoms with Crippen LogP contribution in [0.4, 0.5) is 11.4 Å². The van der Waals surface area contributed by atoms with Gasteiger partial charge in [-0.05, 0) is 12.1 Å². The number of benzene rings is 1. The van der Waals surface area contributed by atoms with E-state index in [4.69, 9.17) is 5.73 Å². The van der Waals surface area contributed by atoms with Gasteiger partial charge < -0.3 is 16.4 Å². The molecule has 5 heteroatoms. The highest BCUT2D eigenvalue weighted by molar-refractivity contribution is 6.01. The van der Waals surface area contributed by atoms with E-state index >= 15 is 0 Å². The molecule has 2 amide bonds. The molecule has 1 aromatic carbocycles.